The van der Waals surface area contributed by atoms with Gasteiger partial charge in [-0.25, -0.2) is 4.79 Å². The molecule has 2 aromatic rings. The van der Waals surface area contributed by atoms with Gasteiger partial charge in [0, 0.05) is 12.5 Å². The lowest BCUT2D eigenvalue weighted by Crippen LogP contribution is -2.41. The lowest BCUT2D eigenvalue weighted by Gasteiger charge is -2.13. The summed E-state index contributed by atoms with van der Waals surface area (Å²) < 4.78 is 11.1. The summed E-state index contributed by atoms with van der Waals surface area (Å²) in [6.07, 6.45) is 6.36. The third-order valence-electron chi connectivity index (χ3n) is 4.52. The van der Waals surface area contributed by atoms with E-state index in [1.807, 2.05) is 36.4 Å². The number of aliphatic carboxylic acids is 1. The number of nitrogens with one attached hydrogen (secondary N) is 1. The van der Waals surface area contributed by atoms with Crippen LogP contribution in [-0.2, 0) is 16.0 Å². The van der Waals surface area contributed by atoms with Crippen LogP contribution in [0.15, 0.2) is 54.6 Å². The van der Waals surface area contributed by atoms with E-state index in [9.17, 15) is 14.7 Å². The molecule has 6 nitrogen and oxygen atoms in total. The molecular formula is C24H29NO5. The number of amides is 1. The molecule has 0 radical (unpaired) electrons. The Kier molecular flexibility index (Phi) is 9.45. The van der Waals surface area contributed by atoms with Crippen LogP contribution in [0.4, 0.5) is 0 Å². The number of ether oxygens (including phenoxy) is 2. The third-order valence-corrected chi connectivity index (χ3v) is 4.52. The summed E-state index contributed by atoms with van der Waals surface area (Å²) in [5.41, 5.74) is 1.59. The summed E-state index contributed by atoms with van der Waals surface area (Å²) in [5, 5.41) is 11.9. The topological polar surface area (TPSA) is 84.9 Å². The molecule has 0 spiro atoms. The second-order valence-corrected chi connectivity index (χ2v) is 6.89. The van der Waals surface area contributed by atoms with Crippen molar-refractivity contribution in [2.24, 2.45) is 0 Å². The van der Waals surface area contributed by atoms with Crippen molar-refractivity contribution in [1.82, 2.24) is 5.32 Å². The number of carbonyl (C=O) groups excluding carboxylic acids is 1. The van der Waals surface area contributed by atoms with E-state index in [1.165, 1.54) is 6.08 Å². The Labute approximate surface area is 177 Å². The van der Waals surface area contributed by atoms with Crippen molar-refractivity contribution in [1.29, 1.82) is 0 Å². The van der Waals surface area contributed by atoms with Crippen LogP contribution in [0.5, 0.6) is 11.5 Å². The molecule has 160 valence electrons. The zero-order valence-electron chi connectivity index (χ0n) is 17.5. The average Bonchev–Trinajstić information content (AvgIpc) is 2.76. The summed E-state index contributed by atoms with van der Waals surface area (Å²) >= 11 is 0. The van der Waals surface area contributed by atoms with Crippen LogP contribution in [-0.4, -0.2) is 36.7 Å². The number of unbranched alkanes of at least 4 members (excludes halogenated alkanes) is 2. The quantitative estimate of drug-likeness (QED) is 0.406. The van der Waals surface area contributed by atoms with Crippen molar-refractivity contribution in [2.45, 2.75) is 38.6 Å². The van der Waals surface area contributed by atoms with Crippen LogP contribution >= 0.6 is 0 Å². The molecule has 2 N–H and O–H groups in total. The zero-order chi connectivity index (χ0) is 21.8. The van der Waals surface area contributed by atoms with Gasteiger partial charge in [-0.3, -0.25) is 4.79 Å². The predicted octanol–water partition coefficient (Wildman–Crippen LogP) is 4.09. The van der Waals surface area contributed by atoms with Gasteiger partial charge in [-0.1, -0.05) is 56.2 Å². The van der Waals surface area contributed by atoms with Gasteiger partial charge in [0.25, 0.3) is 0 Å². The number of methoxy groups -OCH3 is 1. The predicted molar refractivity (Wildman–Crippen MR) is 117 cm³/mol. The summed E-state index contributed by atoms with van der Waals surface area (Å²) in [7, 11) is 1.56. The third kappa shape index (κ3) is 7.62. The summed E-state index contributed by atoms with van der Waals surface area (Å²) in [6, 6.07) is 13.6. The summed E-state index contributed by atoms with van der Waals surface area (Å²) in [5.74, 6) is -0.311. The fourth-order valence-electron chi connectivity index (χ4n) is 2.88. The Balaban J connectivity index is 1.97. The minimum Gasteiger partial charge on any atom is -0.493 e. The zero-order valence-corrected chi connectivity index (χ0v) is 17.5. The van der Waals surface area contributed by atoms with Gasteiger partial charge in [-0.2, -0.15) is 0 Å². The van der Waals surface area contributed by atoms with Crippen LogP contribution in [0.25, 0.3) is 6.08 Å². The highest BCUT2D eigenvalue weighted by molar-refractivity contribution is 5.94. The van der Waals surface area contributed by atoms with Gasteiger partial charge in [0.2, 0.25) is 5.91 Å². The molecule has 0 saturated carbocycles. The molecule has 0 bridgehead atoms. The fourth-order valence-corrected chi connectivity index (χ4v) is 2.88. The molecule has 0 saturated heterocycles. The number of benzene rings is 2. The minimum atomic E-state index is -1.08. The van der Waals surface area contributed by atoms with E-state index in [1.54, 1.807) is 25.3 Å². The standard InChI is InChI=1S/C24H29NO5/c1-3-4-8-15-30-21-13-11-19(17-22(21)29-2)12-14-23(26)25-20(24(27)28)16-18-9-6-5-7-10-18/h5-7,9-14,17,20H,3-4,8,15-16H2,1-2H3,(H,25,26)(H,27,28)/b14-12+/t20-/m0/s1. The fraction of sp³-hybridized carbons (Fsp3) is 0.333. The molecule has 0 aromatic heterocycles. The van der Waals surface area contributed by atoms with Crippen molar-refractivity contribution in [3.05, 3.63) is 65.7 Å². The molecule has 6 heteroatoms. The molecule has 1 amide bonds. The van der Waals surface area contributed by atoms with Gasteiger partial charge in [0.05, 0.1) is 13.7 Å². The smallest absolute Gasteiger partial charge is 0.326 e. The SMILES string of the molecule is CCCCCOc1ccc(/C=C/C(=O)N[C@@H](Cc2ccccc2)C(=O)O)cc1OC. The highest BCUT2D eigenvalue weighted by Gasteiger charge is 2.19. The monoisotopic (exact) mass is 411 g/mol. The van der Waals surface area contributed by atoms with Gasteiger partial charge in [0.1, 0.15) is 6.04 Å². The largest absolute Gasteiger partial charge is 0.493 e. The van der Waals surface area contributed by atoms with Gasteiger partial charge in [0.15, 0.2) is 11.5 Å². The van der Waals surface area contributed by atoms with Crippen LogP contribution < -0.4 is 14.8 Å². The highest BCUT2D eigenvalue weighted by Crippen LogP contribution is 2.28. The molecule has 30 heavy (non-hydrogen) atoms. The highest BCUT2D eigenvalue weighted by atomic mass is 16.5. The lowest BCUT2D eigenvalue weighted by molar-refractivity contribution is -0.141. The van der Waals surface area contributed by atoms with E-state index in [0.29, 0.717) is 18.1 Å². The first-order valence-corrected chi connectivity index (χ1v) is 10.1. The van der Waals surface area contributed by atoms with Crippen LogP contribution in [0.1, 0.15) is 37.3 Å². The second-order valence-electron chi connectivity index (χ2n) is 6.89. The Hall–Kier alpha value is -3.28. The maximum absolute atomic E-state index is 12.2. The molecule has 2 aromatic carbocycles. The van der Waals surface area contributed by atoms with Gasteiger partial charge >= 0.3 is 5.97 Å². The Morgan fingerprint density at radius 1 is 1.10 bits per heavy atom. The molecule has 0 heterocycles. The molecule has 0 aliphatic rings. The first kappa shape index (κ1) is 23.0. The molecule has 2 rings (SSSR count). The molecule has 1 atom stereocenters. The van der Waals surface area contributed by atoms with Crippen molar-refractivity contribution >= 4 is 18.0 Å². The van der Waals surface area contributed by atoms with Gasteiger partial charge < -0.3 is 19.9 Å². The van der Waals surface area contributed by atoms with Crippen molar-refractivity contribution in [2.75, 3.05) is 13.7 Å². The normalized spacial score (nSPS) is 11.8. The number of carboxylic acid groups (broad SMARTS) is 1. The first-order chi connectivity index (χ1) is 14.5. The minimum absolute atomic E-state index is 0.216. The van der Waals surface area contributed by atoms with E-state index in [2.05, 4.69) is 12.2 Å². The Bertz CT molecular complexity index is 848. The molecule has 0 unspecified atom stereocenters. The number of hydrogen-bond acceptors (Lipinski definition) is 4. The molecule has 0 fully saturated rings. The van der Waals surface area contributed by atoms with E-state index in [-0.39, 0.29) is 6.42 Å². The average molecular weight is 411 g/mol. The maximum atomic E-state index is 12.2. The number of hydrogen-bond donors (Lipinski definition) is 2. The second kappa shape index (κ2) is 12.3. The van der Waals surface area contributed by atoms with Crippen molar-refractivity contribution < 1.29 is 24.2 Å². The lowest BCUT2D eigenvalue weighted by atomic mass is 10.1. The first-order valence-electron chi connectivity index (χ1n) is 10.1. The Morgan fingerprint density at radius 2 is 1.87 bits per heavy atom. The van der Waals surface area contributed by atoms with Crippen molar-refractivity contribution in [3.63, 3.8) is 0 Å². The number of carbonyl (C=O) groups is 2. The van der Waals surface area contributed by atoms with Crippen LogP contribution in [0.2, 0.25) is 0 Å². The molecule has 0 aliphatic carbocycles. The number of carboxylic acids is 1. The molecular weight excluding hydrogens is 382 g/mol. The maximum Gasteiger partial charge on any atom is 0.326 e. The van der Waals surface area contributed by atoms with E-state index in [4.69, 9.17) is 9.47 Å². The summed E-state index contributed by atoms with van der Waals surface area (Å²) in [6.45, 7) is 2.76. The Morgan fingerprint density at radius 3 is 2.53 bits per heavy atom. The molecule has 0 aliphatic heterocycles. The van der Waals surface area contributed by atoms with Crippen LogP contribution in [0.3, 0.4) is 0 Å². The van der Waals surface area contributed by atoms with Crippen molar-refractivity contribution in [3.8, 4) is 11.5 Å². The summed E-state index contributed by atoms with van der Waals surface area (Å²) in [4.78, 5) is 23.7. The number of rotatable bonds is 12. The van der Waals surface area contributed by atoms with Crippen LogP contribution in [0, 0.1) is 0 Å². The van der Waals surface area contributed by atoms with Gasteiger partial charge in [-0.05, 0) is 35.8 Å². The van der Waals surface area contributed by atoms with E-state index >= 15 is 0 Å². The van der Waals surface area contributed by atoms with Gasteiger partial charge in [-0.15, -0.1) is 0 Å². The van der Waals surface area contributed by atoms with E-state index in [0.717, 1.165) is 30.4 Å². The van der Waals surface area contributed by atoms with E-state index < -0.39 is 17.9 Å².